The first-order valence-corrected chi connectivity index (χ1v) is 18.8. The molecule has 3 aromatic rings. The molecule has 14 heteroatoms. The van der Waals surface area contributed by atoms with Gasteiger partial charge in [-0.2, -0.15) is 0 Å². The number of nitrogens with zero attached hydrogens (tertiary/aromatic N) is 6. The molecule has 0 aromatic heterocycles. The molecule has 4 rings (SSSR count). The highest BCUT2D eigenvalue weighted by Gasteiger charge is 2.18. The fourth-order valence-corrected chi connectivity index (χ4v) is 6.95. The van der Waals surface area contributed by atoms with Gasteiger partial charge in [-0.05, 0) is 128 Å². The van der Waals surface area contributed by atoms with Crippen molar-refractivity contribution >= 4 is 41.0 Å². The normalized spacial score (nSPS) is 14.3. The van der Waals surface area contributed by atoms with Crippen LogP contribution in [0, 0.1) is 6.92 Å². The molecular formula is C44H54N6O8. The maximum absolute atomic E-state index is 11.6. The van der Waals surface area contributed by atoms with Crippen LogP contribution >= 0.6 is 0 Å². The highest BCUT2D eigenvalue weighted by Crippen LogP contribution is 2.27. The molecule has 0 heterocycles. The lowest BCUT2D eigenvalue weighted by Gasteiger charge is -2.21. The van der Waals surface area contributed by atoms with Gasteiger partial charge in [0.1, 0.15) is 0 Å². The van der Waals surface area contributed by atoms with E-state index in [-0.39, 0.29) is 26.2 Å². The zero-order chi connectivity index (χ0) is 42.5. The lowest BCUT2D eigenvalue weighted by atomic mass is 9.92. The van der Waals surface area contributed by atoms with Crippen LogP contribution in [-0.2, 0) is 51.7 Å². The second-order valence-corrected chi connectivity index (χ2v) is 15.1. The fourth-order valence-electron chi connectivity index (χ4n) is 6.95. The number of carboxylic acid groups (broad SMARTS) is 4. The van der Waals surface area contributed by atoms with Crippen LogP contribution in [0.15, 0.2) is 88.4 Å². The van der Waals surface area contributed by atoms with Gasteiger partial charge < -0.3 is 20.4 Å². The van der Waals surface area contributed by atoms with Crippen molar-refractivity contribution in [3.63, 3.8) is 0 Å². The van der Waals surface area contributed by atoms with E-state index >= 15 is 0 Å². The van der Waals surface area contributed by atoms with Crippen molar-refractivity contribution in [1.29, 1.82) is 0 Å². The lowest BCUT2D eigenvalue weighted by molar-refractivity contribution is -0.139. The van der Waals surface area contributed by atoms with E-state index in [4.69, 9.17) is 4.99 Å². The van der Waals surface area contributed by atoms with Crippen molar-refractivity contribution in [2.45, 2.75) is 39.4 Å². The Morgan fingerprint density at radius 3 is 1.52 bits per heavy atom. The van der Waals surface area contributed by atoms with Crippen LogP contribution in [0.25, 0.3) is 0 Å². The predicted octanol–water partition coefficient (Wildman–Crippen LogP) is 4.38. The van der Waals surface area contributed by atoms with Gasteiger partial charge in [0.25, 0.3) is 0 Å². The Hall–Kier alpha value is -5.80. The number of hydrogen-bond acceptors (Lipinski definition) is 10. The van der Waals surface area contributed by atoms with E-state index in [9.17, 15) is 39.6 Å². The Morgan fingerprint density at radius 1 is 0.552 bits per heavy atom. The summed E-state index contributed by atoms with van der Waals surface area (Å²) in [5.74, 6) is -3.69. The van der Waals surface area contributed by atoms with Crippen molar-refractivity contribution in [1.82, 2.24) is 19.6 Å². The molecule has 14 nitrogen and oxygen atoms in total. The van der Waals surface area contributed by atoms with Gasteiger partial charge >= 0.3 is 23.9 Å². The summed E-state index contributed by atoms with van der Waals surface area (Å²) in [6.45, 7) is 3.08. The molecule has 1 aliphatic rings. The summed E-state index contributed by atoms with van der Waals surface area (Å²) in [6, 6.07) is 18.3. The molecule has 58 heavy (non-hydrogen) atoms. The Kier molecular flexibility index (Phi) is 16.3. The Morgan fingerprint density at radius 2 is 1.00 bits per heavy atom. The van der Waals surface area contributed by atoms with E-state index in [2.05, 4.69) is 35.3 Å². The second kappa shape index (κ2) is 21.1. The first-order chi connectivity index (χ1) is 27.5. The second-order valence-electron chi connectivity index (χ2n) is 15.1. The molecular weight excluding hydrogens is 741 g/mol. The van der Waals surface area contributed by atoms with Crippen LogP contribution in [0.2, 0.25) is 0 Å². The molecule has 0 radical (unpaired) electrons. The van der Waals surface area contributed by atoms with Crippen molar-refractivity contribution in [2.24, 2.45) is 9.98 Å². The van der Waals surface area contributed by atoms with Gasteiger partial charge in [-0.15, -0.1) is 0 Å². The van der Waals surface area contributed by atoms with Crippen LogP contribution in [0.3, 0.4) is 0 Å². The van der Waals surface area contributed by atoms with Crippen LogP contribution in [0.5, 0.6) is 0 Å². The summed E-state index contributed by atoms with van der Waals surface area (Å²) >= 11 is 0. The molecule has 0 aliphatic heterocycles. The number of benzene rings is 3. The number of aliphatic carboxylic acids is 4. The van der Waals surface area contributed by atoms with Crippen LogP contribution in [-0.4, -0.2) is 143 Å². The summed E-state index contributed by atoms with van der Waals surface area (Å²) in [5, 5.41) is 37.6. The van der Waals surface area contributed by atoms with Crippen LogP contribution < -0.4 is 0 Å². The fraction of sp³-hybridized carbons (Fsp3) is 0.364. The number of allylic oxidation sites excluding steroid dienone is 3. The Bertz CT molecular complexity index is 2120. The first kappa shape index (κ1) is 44.9. The van der Waals surface area contributed by atoms with Gasteiger partial charge in [0.2, 0.25) is 0 Å². The standard InChI is InChI=1S/C44H54N6O8/c1-29-7-8-30(17-34(29)21-47(3)25-41(51)52)15-32-10-9-31(18-35(32)22-48(4)26-42(53)54)16-33-11-12-39(19-36(33)23-49(5)27-43(55)56)46-40-14-13-38(45-2)20-37(40)24-50(6)28-44(57)58/h7-14,17-20H,15-16,21-28H2,1-6H3,(H,51,52)(H,53,54)(H,55,56)(H,57,58). The molecule has 0 saturated carbocycles. The lowest BCUT2D eigenvalue weighted by Crippen LogP contribution is -2.30. The summed E-state index contributed by atoms with van der Waals surface area (Å²) in [7, 11) is 8.71. The maximum atomic E-state index is 11.6. The summed E-state index contributed by atoms with van der Waals surface area (Å²) < 4.78 is 0. The third-order valence-corrected chi connectivity index (χ3v) is 9.62. The molecule has 4 N–H and O–H groups in total. The average Bonchev–Trinajstić information content (AvgIpc) is 3.11. The van der Waals surface area contributed by atoms with Gasteiger partial charge in [0, 0.05) is 33.2 Å². The van der Waals surface area contributed by atoms with Gasteiger partial charge in [-0.3, -0.25) is 43.8 Å². The molecule has 0 spiro atoms. The molecule has 1 aliphatic carbocycles. The van der Waals surface area contributed by atoms with E-state index in [1.54, 1.807) is 54.8 Å². The number of aryl methyl sites for hydroxylation is 1. The third kappa shape index (κ3) is 14.3. The van der Waals surface area contributed by atoms with E-state index in [0.717, 1.165) is 55.8 Å². The van der Waals surface area contributed by atoms with E-state index in [0.29, 0.717) is 50.4 Å². The zero-order valence-electron chi connectivity index (χ0n) is 34.1. The molecule has 0 amide bonds. The monoisotopic (exact) mass is 794 g/mol. The topological polar surface area (TPSA) is 187 Å². The van der Waals surface area contributed by atoms with Crippen molar-refractivity contribution in [3.8, 4) is 0 Å². The van der Waals surface area contributed by atoms with Gasteiger partial charge in [-0.1, -0.05) is 42.5 Å². The summed E-state index contributed by atoms with van der Waals surface area (Å²) in [5.41, 5.74) is 10.9. The highest BCUT2D eigenvalue weighted by molar-refractivity contribution is 6.22. The largest absolute Gasteiger partial charge is 0.480 e. The van der Waals surface area contributed by atoms with Crippen molar-refractivity contribution < 1.29 is 39.6 Å². The average molecular weight is 795 g/mol. The van der Waals surface area contributed by atoms with Gasteiger partial charge in [0.15, 0.2) is 0 Å². The highest BCUT2D eigenvalue weighted by atomic mass is 16.4. The summed E-state index contributed by atoms with van der Waals surface area (Å²) in [6.07, 6.45) is 6.71. The minimum absolute atomic E-state index is 0.0705. The van der Waals surface area contributed by atoms with Crippen LogP contribution in [0.1, 0.15) is 44.5 Å². The van der Waals surface area contributed by atoms with E-state index < -0.39 is 23.9 Å². The number of hydrogen-bond donors (Lipinski definition) is 4. The number of rotatable bonds is 21. The third-order valence-electron chi connectivity index (χ3n) is 9.62. The molecule has 308 valence electrons. The molecule has 0 unspecified atom stereocenters. The minimum Gasteiger partial charge on any atom is -0.480 e. The molecule has 3 aromatic carbocycles. The molecule has 0 saturated heterocycles. The van der Waals surface area contributed by atoms with E-state index in [1.807, 2.05) is 49.4 Å². The molecule has 0 bridgehead atoms. The molecule has 0 atom stereocenters. The van der Waals surface area contributed by atoms with Gasteiger partial charge in [-0.25, -0.2) is 4.99 Å². The van der Waals surface area contributed by atoms with Crippen molar-refractivity contribution in [3.05, 3.63) is 123 Å². The first-order valence-electron chi connectivity index (χ1n) is 18.8. The number of carbonyl (C=O) groups is 4. The quantitative estimate of drug-likeness (QED) is 0.112. The van der Waals surface area contributed by atoms with Crippen molar-refractivity contribution in [2.75, 3.05) is 68.0 Å². The zero-order valence-corrected chi connectivity index (χ0v) is 34.1. The SMILES string of the molecule is CN=C1C=CC(=Nc2ccc(Cc3ccc(Cc4ccc(C)c(CN(C)CC(=O)O)c4)c(CN(C)CC(=O)O)c3)c(CN(C)CC(=O)O)c2)C(CN(C)CC(=O)O)=C1. The summed E-state index contributed by atoms with van der Waals surface area (Å²) in [4.78, 5) is 62.0. The van der Waals surface area contributed by atoms with E-state index in [1.165, 1.54) is 0 Å². The number of likely N-dealkylation sites (N-methyl/N-ethyl adjacent to an activating group) is 4. The maximum Gasteiger partial charge on any atom is 0.317 e. The minimum atomic E-state index is -0.944. The van der Waals surface area contributed by atoms with Gasteiger partial charge in [0.05, 0.1) is 43.3 Å². The predicted molar refractivity (Wildman–Crippen MR) is 224 cm³/mol. The number of carboxylic acids is 4. The van der Waals surface area contributed by atoms with Crippen LogP contribution in [0.4, 0.5) is 5.69 Å². The Labute approximate surface area is 339 Å². The molecule has 0 fully saturated rings. The smallest absolute Gasteiger partial charge is 0.317 e. The Balaban J connectivity index is 1.70. The number of aliphatic imine (C=N–C) groups is 2.